The molecule has 1 aromatic rings. The van der Waals surface area contributed by atoms with Crippen molar-refractivity contribution < 1.29 is 32.2 Å². The Hall–Kier alpha value is -2.88. The van der Waals surface area contributed by atoms with E-state index in [9.17, 15) is 22.8 Å². The molecule has 1 amide bonds. The summed E-state index contributed by atoms with van der Waals surface area (Å²) in [5.41, 5.74) is 1.19. The Balaban J connectivity index is 1.49. The van der Waals surface area contributed by atoms with Gasteiger partial charge < -0.3 is 19.3 Å². The maximum Gasteiger partial charge on any atom is 0.573 e. The molecule has 0 unspecified atom stereocenters. The number of nitrogens with zero attached hydrogens (tertiary/aromatic N) is 3. The maximum absolute atomic E-state index is 12.9. The highest BCUT2D eigenvalue weighted by Gasteiger charge is 2.35. The smallest absolute Gasteiger partial charge is 0.405 e. The number of fused-ring (bicyclic) bond motifs is 1. The molecule has 1 fully saturated rings. The summed E-state index contributed by atoms with van der Waals surface area (Å²) in [4.78, 5) is 32.9. The van der Waals surface area contributed by atoms with Crippen LogP contribution < -0.4 is 9.64 Å². The van der Waals surface area contributed by atoms with E-state index in [0.717, 1.165) is 0 Å². The molecule has 7 nitrogen and oxygen atoms in total. The summed E-state index contributed by atoms with van der Waals surface area (Å²) in [6.07, 6.45) is -3.08. The monoisotopic (exact) mass is 423 g/mol. The number of halogens is 3. The van der Waals surface area contributed by atoms with Gasteiger partial charge in [0, 0.05) is 43.4 Å². The van der Waals surface area contributed by atoms with Crippen molar-refractivity contribution in [3.05, 3.63) is 35.7 Å². The van der Waals surface area contributed by atoms with Crippen molar-refractivity contribution in [2.75, 3.05) is 37.7 Å². The number of aliphatic imine (C=N–C) groups is 1. The molecule has 0 atom stereocenters. The quantitative estimate of drug-likeness (QED) is 0.744. The van der Waals surface area contributed by atoms with Crippen molar-refractivity contribution in [1.82, 2.24) is 4.90 Å². The van der Waals surface area contributed by atoms with Gasteiger partial charge in [-0.15, -0.1) is 13.2 Å². The summed E-state index contributed by atoms with van der Waals surface area (Å²) in [6.45, 7) is 2.57. The van der Waals surface area contributed by atoms with Crippen molar-refractivity contribution in [3.63, 3.8) is 0 Å². The average molecular weight is 423 g/mol. The summed E-state index contributed by atoms with van der Waals surface area (Å²) < 4.78 is 47.3. The molecule has 0 saturated carbocycles. The van der Waals surface area contributed by atoms with Gasteiger partial charge in [-0.2, -0.15) is 0 Å². The third-order valence-corrected chi connectivity index (χ3v) is 5.14. The molecule has 0 radical (unpaired) electrons. The number of hydrogen-bond donors (Lipinski definition) is 0. The van der Waals surface area contributed by atoms with Crippen LogP contribution in [0.1, 0.15) is 18.4 Å². The summed E-state index contributed by atoms with van der Waals surface area (Å²) >= 11 is 0. The highest BCUT2D eigenvalue weighted by molar-refractivity contribution is 6.16. The zero-order chi connectivity index (χ0) is 21.3. The number of ketones is 1. The zero-order valence-corrected chi connectivity index (χ0v) is 16.1. The number of anilines is 1. The Morgan fingerprint density at radius 1 is 1.20 bits per heavy atom. The van der Waals surface area contributed by atoms with Crippen molar-refractivity contribution in [3.8, 4) is 5.75 Å². The lowest BCUT2D eigenvalue weighted by Crippen LogP contribution is -2.37. The largest absolute Gasteiger partial charge is 0.573 e. The van der Waals surface area contributed by atoms with Crippen LogP contribution in [0.4, 0.5) is 18.9 Å². The molecule has 4 rings (SSSR count). The van der Waals surface area contributed by atoms with Gasteiger partial charge in [-0.05, 0) is 18.6 Å². The molecule has 3 aliphatic heterocycles. The highest BCUT2D eigenvalue weighted by atomic mass is 19.4. The number of carbonyl (C=O) groups is 2. The molecule has 0 bridgehead atoms. The van der Waals surface area contributed by atoms with E-state index in [1.54, 1.807) is 6.07 Å². The van der Waals surface area contributed by atoms with Crippen LogP contribution in [0.25, 0.3) is 0 Å². The van der Waals surface area contributed by atoms with Gasteiger partial charge in [-0.1, -0.05) is 6.07 Å². The maximum atomic E-state index is 12.9. The Labute approximate surface area is 170 Å². The van der Waals surface area contributed by atoms with Crippen LogP contribution in [-0.2, 0) is 20.7 Å². The van der Waals surface area contributed by atoms with E-state index >= 15 is 0 Å². The number of morpholine rings is 1. The van der Waals surface area contributed by atoms with Gasteiger partial charge in [0.2, 0.25) is 5.91 Å². The lowest BCUT2D eigenvalue weighted by molar-refractivity contribution is -0.274. The van der Waals surface area contributed by atoms with Gasteiger partial charge in [0.15, 0.2) is 5.78 Å². The number of benzene rings is 1. The SMILES string of the molecule is O=C1C=C(N2CCOCC2)N=C(CC(=O)N2CCc3c(OC(F)(F)F)cccc32)C1. The normalized spacial score (nSPS) is 19.4. The van der Waals surface area contributed by atoms with Crippen LogP contribution in [0, 0.1) is 0 Å². The highest BCUT2D eigenvalue weighted by Crippen LogP contribution is 2.37. The summed E-state index contributed by atoms with van der Waals surface area (Å²) in [7, 11) is 0. The van der Waals surface area contributed by atoms with Gasteiger partial charge in [0.1, 0.15) is 11.6 Å². The Bertz CT molecular complexity index is 920. The predicted molar refractivity (Wildman–Crippen MR) is 101 cm³/mol. The van der Waals surface area contributed by atoms with Gasteiger partial charge in [0.25, 0.3) is 0 Å². The van der Waals surface area contributed by atoms with Crippen molar-refractivity contribution >= 4 is 23.1 Å². The summed E-state index contributed by atoms with van der Waals surface area (Å²) in [6, 6.07) is 4.26. The first-order chi connectivity index (χ1) is 14.3. The number of rotatable bonds is 4. The second-order valence-electron chi connectivity index (χ2n) is 7.20. The minimum Gasteiger partial charge on any atom is -0.405 e. The molecule has 3 heterocycles. The fourth-order valence-corrected chi connectivity index (χ4v) is 3.84. The minimum absolute atomic E-state index is 0.0531. The Morgan fingerprint density at radius 2 is 1.97 bits per heavy atom. The number of hydrogen-bond acceptors (Lipinski definition) is 6. The van der Waals surface area contributed by atoms with Crippen molar-refractivity contribution in [1.29, 1.82) is 0 Å². The third-order valence-electron chi connectivity index (χ3n) is 5.14. The molecule has 30 heavy (non-hydrogen) atoms. The molecule has 0 aromatic heterocycles. The Morgan fingerprint density at radius 3 is 2.70 bits per heavy atom. The number of carbonyl (C=O) groups excluding carboxylic acids is 2. The first-order valence-electron chi connectivity index (χ1n) is 9.62. The van der Waals surface area contributed by atoms with Crippen molar-refractivity contribution in [2.24, 2.45) is 4.99 Å². The van der Waals surface area contributed by atoms with Crippen molar-refractivity contribution in [2.45, 2.75) is 25.6 Å². The average Bonchev–Trinajstić information content (AvgIpc) is 3.12. The fraction of sp³-hybridized carbons (Fsp3) is 0.450. The molecule has 1 aromatic carbocycles. The van der Waals surface area contributed by atoms with Crippen LogP contribution in [0.2, 0.25) is 0 Å². The molecule has 1 saturated heterocycles. The lowest BCUT2D eigenvalue weighted by atomic mass is 10.1. The molecule has 10 heteroatoms. The van der Waals surface area contributed by atoms with E-state index in [1.807, 2.05) is 4.90 Å². The predicted octanol–water partition coefficient (Wildman–Crippen LogP) is 2.45. The third kappa shape index (κ3) is 4.48. The first-order valence-corrected chi connectivity index (χ1v) is 9.62. The number of allylic oxidation sites excluding steroid dienone is 1. The van der Waals surface area contributed by atoms with E-state index in [1.165, 1.54) is 23.1 Å². The van der Waals surface area contributed by atoms with Crippen LogP contribution in [-0.4, -0.2) is 61.5 Å². The van der Waals surface area contributed by atoms with Crippen LogP contribution in [0.15, 0.2) is 35.1 Å². The Kier molecular flexibility index (Phi) is 5.50. The number of ether oxygens (including phenoxy) is 2. The minimum atomic E-state index is -4.80. The van der Waals surface area contributed by atoms with E-state index in [2.05, 4.69) is 9.73 Å². The van der Waals surface area contributed by atoms with E-state index < -0.39 is 6.36 Å². The molecule has 0 spiro atoms. The van der Waals surface area contributed by atoms with E-state index in [4.69, 9.17) is 4.74 Å². The molecule has 160 valence electrons. The molecule has 3 aliphatic rings. The number of alkyl halides is 3. The summed E-state index contributed by atoms with van der Waals surface area (Å²) in [5, 5.41) is 0. The van der Waals surface area contributed by atoms with Crippen LogP contribution in [0.3, 0.4) is 0 Å². The lowest BCUT2D eigenvalue weighted by Gasteiger charge is -2.30. The van der Waals surface area contributed by atoms with Gasteiger partial charge in [-0.3, -0.25) is 9.59 Å². The second-order valence-corrected chi connectivity index (χ2v) is 7.20. The number of amides is 1. The van der Waals surface area contributed by atoms with Gasteiger partial charge >= 0.3 is 6.36 Å². The first kappa shape index (κ1) is 20.4. The zero-order valence-electron chi connectivity index (χ0n) is 16.1. The molecular weight excluding hydrogens is 403 g/mol. The molecule has 0 aliphatic carbocycles. The fourth-order valence-electron chi connectivity index (χ4n) is 3.84. The van der Waals surface area contributed by atoms with E-state index in [0.29, 0.717) is 49.1 Å². The standard InChI is InChI=1S/C20H20F3N3O4/c21-20(22,23)30-17-3-1-2-16-15(17)4-5-26(16)19(28)11-13-10-14(27)12-18(24-13)25-6-8-29-9-7-25/h1-3,12H,4-11H2. The summed E-state index contributed by atoms with van der Waals surface area (Å²) in [5.74, 6) is -0.206. The molecular formula is C20H20F3N3O4. The topological polar surface area (TPSA) is 71.4 Å². The van der Waals surface area contributed by atoms with E-state index in [-0.39, 0.29) is 43.2 Å². The van der Waals surface area contributed by atoms with Gasteiger partial charge in [-0.25, -0.2) is 4.99 Å². The van der Waals surface area contributed by atoms with Crippen LogP contribution >= 0.6 is 0 Å². The van der Waals surface area contributed by atoms with Gasteiger partial charge in [0.05, 0.1) is 25.3 Å². The molecule has 0 N–H and O–H groups in total. The second kappa shape index (κ2) is 8.10. The van der Waals surface area contributed by atoms with Crippen LogP contribution in [0.5, 0.6) is 5.75 Å².